The van der Waals surface area contributed by atoms with Gasteiger partial charge in [-0.05, 0) is 0 Å². The molecule has 0 spiro atoms. The van der Waals surface area contributed by atoms with Gasteiger partial charge in [-0.3, -0.25) is 9.59 Å². The summed E-state index contributed by atoms with van der Waals surface area (Å²) < 4.78 is 0. The van der Waals surface area contributed by atoms with Crippen molar-refractivity contribution in [3.05, 3.63) is 0 Å². The van der Waals surface area contributed by atoms with Crippen LogP contribution < -0.4 is 16.8 Å². The number of hydrogen-bond donors (Lipinski definition) is 5. The molecule has 0 aliphatic carbocycles. The quantitative estimate of drug-likeness (QED) is 0.308. The molecule has 0 aliphatic rings. The van der Waals surface area contributed by atoms with Crippen LogP contribution in [0, 0.1) is 0 Å². The molecule has 2 atom stereocenters. The fraction of sp³-hybridized carbons (Fsp3) is 0.714. The van der Waals surface area contributed by atoms with E-state index in [0.717, 1.165) is 0 Å². The van der Waals surface area contributed by atoms with Crippen LogP contribution in [-0.4, -0.2) is 47.3 Å². The van der Waals surface area contributed by atoms with E-state index in [1.54, 1.807) is 0 Å². The van der Waals surface area contributed by atoms with Crippen molar-refractivity contribution < 1.29 is 19.8 Å². The first-order valence-electron chi connectivity index (χ1n) is 4.08. The van der Waals surface area contributed by atoms with E-state index < -0.39 is 30.6 Å². The van der Waals surface area contributed by atoms with Crippen molar-refractivity contribution in [2.75, 3.05) is 13.2 Å². The van der Waals surface area contributed by atoms with Gasteiger partial charge in [0.15, 0.2) is 0 Å². The summed E-state index contributed by atoms with van der Waals surface area (Å²) in [6, 6.07) is -1.02. The SMILES string of the molecule is NC(=O)C[C@H](N)C(=O)NCC(O)CO. The fourth-order valence-electron chi connectivity index (χ4n) is 0.723. The first kappa shape index (κ1) is 12.8. The standard InChI is InChI=1S/C7H15N3O4/c8-5(1-6(9)13)7(14)10-2-4(12)3-11/h4-5,11-12H,1-3,8H2,(H2,9,13)(H,10,14)/t4?,5-/m0/s1. The molecule has 7 N–H and O–H groups in total. The van der Waals surface area contributed by atoms with E-state index in [4.69, 9.17) is 21.7 Å². The second-order valence-corrected chi connectivity index (χ2v) is 2.86. The van der Waals surface area contributed by atoms with Crippen molar-refractivity contribution >= 4 is 11.8 Å². The van der Waals surface area contributed by atoms with Gasteiger partial charge in [-0.25, -0.2) is 0 Å². The smallest absolute Gasteiger partial charge is 0.237 e. The normalized spacial score (nSPS) is 14.5. The molecule has 0 aromatic carbocycles. The lowest BCUT2D eigenvalue weighted by atomic mass is 10.2. The number of nitrogens with two attached hydrogens (primary N) is 2. The molecule has 0 saturated heterocycles. The molecule has 0 saturated carbocycles. The van der Waals surface area contributed by atoms with E-state index in [-0.39, 0.29) is 13.0 Å². The molecule has 0 heterocycles. The molecule has 82 valence electrons. The molecule has 7 nitrogen and oxygen atoms in total. The molecule has 0 aromatic rings. The summed E-state index contributed by atoms with van der Waals surface area (Å²) in [5.41, 5.74) is 10.1. The van der Waals surface area contributed by atoms with Crippen LogP contribution >= 0.6 is 0 Å². The number of rotatable bonds is 6. The minimum Gasteiger partial charge on any atom is -0.394 e. The van der Waals surface area contributed by atoms with E-state index in [1.807, 2.05) is 0 Å². The minimum atomic E-state index is -1.03. The number of nitrogens with one attached hydrogen (secondary N) is 1. The lowest BCUT2D eigenvalue weighted by Gasteiger charge is -2.12. The highest BCUT2D eigenvalue weighted by atomic mass is 16.3. The molecule has 0 bridgehead atoms. The van der Waals surface area contributed by atoms with Crippen LogP contribution in [0.25, 0.3) is 0 Å². The maximum atomic E-state index is 11.1. The Morgan fingerprint density at radius 3 is 2.43 bits per heavy atom. The van der Waals surface area contributed by atoms with Gasteiger partial charge in [-0.2, -0.15) is 0 Å². The maximum Gasteiger partial charge on any atom is 0.237 e. The van der Waals surface area contributed by atoms with Crippen molar-refractivity contribution in [2.45, 2.75) is 18.6 Å². The average Bonchev–Trinajstić information content (AvgIpc) is 2.12. The van der Waals surface area contributed by atoms with E-state index in [9.17, 15) is 9.59 Å². The number of primary amides is 1. The second kappa shape index (κ2) is 6.30. The number of aliphatic hydroxyl groups excluding tert-OH is 2. The predicted molar refractivity (Wildman–Crippen MR) is 47.9 cm³/mol. The summed E-state index contributed by atoms with van der Waals surface area (Å²) in [7, 11) is 0. The van der Waals surface area contributed by atoms with E-state index in [0.29, 0.717) is 0 Å². The molecule has 0 radical (unpaired) electrons. The zero-order valence-corrected chi connectivity index (χ0v) is 7.64. The largest absolute Gasteiger partial charge is 0.394 e. The van der Waals surface area contributed by atoms with Crippen LogP contribution in [0.15, 0.2) is 0 Å². The van der Waals surface area contributed by atoms with Crippen molar-refractivity contribution in [2.24, 2.45) is 11.5 Å². The molecule has 0 aliphatic heterocycles. The molecule has 0 fully saturated rings. The molecule has 14 heavy (non-hydrogen) atoms. The molecule has 0 rings (SSSR count). The Balaban J connectivity index is 3.78. The molecule has 0 aromatic heterocycles. The summed E-state index contributed by atoms with van der Waals surface area (Å²) in [5.74, 6) is -1.26. The van der Waals surface area contributed by atoms with Gasteiger partial charge in [0.2, 0.25) is 11.8 Å². The van der Waals surface area contributed by atoms with Crippen molar-refractivity contribution in [3.63, 3.8) is 0 Å². The number of carbonyl (C=O) groups excluding carboxylic acids is 2. The zero-order chi connectivity index (χ0) is 11.1. The number of amides is 2. The van der Waals surface area contributed by atoms with Crippen molar-refractivity contribution in [3.8, 4) is 0 Å². The van der Waals surface area contributed by atoms with Gasteiger partial charge in [-0.1, -0.05) is 0 Å². The minimum absolute atomic E-state index is 0.109. The van der Waals surface area contributed by atoms with Crippen molar-refractivity contribution in [1.29, 1.82) is 0 Å². The highest BCUT2D eigenvalue weighted by molar-refractivity contribution is 5.87. The predicted octanol–water partition coefficient (Wildman–Crippen LogP) is -3.34. The van der Waals surface area contributed by atoms with E-state index in [2.05, 4.69) is 5.32 Å². The molecular formula is C7H15N3O4. The Labute approximate surface area is 81.1 Å². The molecular weight excluding hydrogens is 190 g/mol. The summed E-state index contributed by atoms with van der Waals surface area (Å²) in [6.07, 6.45) is -1.28. The second-order valence-electron chi connectivity index (χ2n) is 2.86. The van der Waals surface area contributed by atoms with Gasteiger partial charge in [0.1, 0.15) is 0 Å². The third kappa shape index (κ3) is 5.46. The van der Waals surface area contributed by atoms with Crippen LogP contribution in [0.5, 0.6) is 0 Å². The molecule has 2 amide bonds. The molecule has 7 heteroatoms. The topological polar surface area (TPSA) is 139 Å². The van der Waals surface area contributed by atoms with E-state index in [1.165, 1.54) is 0 Å². The number of aliphatic hydroxyl groups is 2. The Bertz CT molecular complexity index is 209. The van der Waals surface area contributed by atoms with Gasteiger partial charge < -0.3 is 27.0 Å². The zero-order valence-electron chi connectivity index (χ0n) is 7.64. The Kier molecular flexibility index (Phi) is 5.77. The fourth-order valence-corrected chi connectivity index (χ4v) is 0.723. The first-order chi connectivity index (χ1) is 6.47. The third-order valence-corrected chi connectivity index (χ3v) is 1.48. The monoisotopic (exact) mass is 205 g/mol. The highest BCUT2D eigenvalue weighted by Crippen LogP contribution is 1.87. The van der Waals surface area contributed by atoms with Gasteiger partial charge in [-0.15, -0.1) is 0 Å². The Morgan fingerprint density at radius 2 is 2.00 bits per heavy atom. The van der Waals surface area contributed by atoms with E-state index >= 15 is 0 Å². The maximum absolute atomic E-state index is 11.1. The Hall–Kier alpha value is -1.18. The third-order valence-electron chi connectivity index (χ3n) is 1.48. The first-order valence-corrected chi connectivity index (χ1v) is 4.08. The van der Waals surface area contributed by atoms with Crippen LogP contribution in [0.3, 0.4) is 0 Å². The van der Waals surface area contributed by atoms with Crippen molar-refractivity contribution in [1.82, 2.24) is 5.32 Å². The van der Waals surface area contributed by atoms with Gasteiger partial charge in [0.05, 0.1) is 25.2 Å². The summed E-state index contributed by atoms with van der Waals surface area (Å²) in [6.45, 7) is -0.562. The molecule has 1 unspecified atom stereocenters. The summed E-state index contributed by atoms with van der Waals surface area (Å²) in [5, 5.41) is 19.6. The lowest BCUT2D eigenvalue weighted by Crippen LogP contribution is -2.45. The van der Waals surface area contributed by atoms with Gasteiger partial charge in [0.25, 0.3) is 0 Å². The summed E-state index contributed by atoms with van der Waals surface area (Å²) >= 11 is 0. The van der Waals surface area contributed by atoms with Crippen LogP contribution in [-0.2, 0) is 9.59 Å². The highest BCUT2D eigenvalue weighted by Gasteiger charge is 2.16. The number of carbonyl (C=O) groups is 2. The van der Waals surface area contributed by atoms with Crippen LogP contribution in [0.4, 0.5) is 0 Å². The van der Waals surface area contributed by atoms with Crippen LogP contribution in [0.1, 0.15) is 6.42 Å². The lowest BCUT2D eigenvalue weighted by molar-refractivity contribution is -0.126. The average molecular weight is 205 g/mol. The summed E-state index contributed by atoms with van der Waals surface area (Å²) in [4.78, 5) is 21.4. The van der Waals surface area contributed by atoms with Crippen LogP contribution in [0.2, 0.25) is 0 Å². The van der Waals surface area contributed by atoms with Gasteiger partial charge >= 0.3 is 0 Å². The van der Waals surface area contributed by atoms with Gasteiger partial charge in [0, 0.05) is 6.54 Å². The number of hydrogen-bond acceptors (Lipinski definition) is 5. The Morgan fingerprint density at radius 1 is 1.43 bits per heavy atom.